The Balaban J connectivity index is 1.82. The number of carbonyl (C=O) groups is 1. The van der Waals surface area contributed by atoms with Crippen molar-refractivity contribution in [2.75, 3.05) is 0 Å². The molecule has 0 unspecified atom stereocenters. The zero-order valence-corrected chi connectivity index (χ0v) is 16.3. The van der Waals surface area contributed by atoms with Crippen molar-refractivity contribution in [2.24, 2.45) is 10.2 Å². The summed E-state index contributed by atoms with van der Waals surface area (Å²) in [6.45, 7) is 3.85. The van der Waals surface area contributed by atoms with Gasteiger partial charge in [-0.05, 0) is 55.6 Å². The average molecular weight is 403 g/mol. The van der Waals surface area contributed by atoms with E-state index in [0.29, 0.717) is 4.88 Å². The molecule has 0 aliphatic carbocycles. The van der Waals surface area contributed by atoms with Gasteiger partial charge in [0.2, 0.25) is 10.0 Å². The van der Waals surface area contributed by atoms with Crippen LogP contribution in [0.15, 0.2) is 57.8 Å². The summed E-state index contributed by atoms with van der Waals surface area (Å²) in [5.41, 5.74) is 6.01. The molecule has 1 amide bonds. The van der Waals surface area contributed by atoms with Gasteiger partial charge >= 0.3 is 0 Å². The van der Waals surface area contributed by atoms with Crippen LogP contribution < -0.4 is 10.6 Å². The van der Waals surface area contributed by atoms with Gasteiger partial charge < -0.3 is 4.57 Å². The fourth-order valence-electron chi connectivity index (χ4n) is 2.72. The van der Waals surface area contributed by atoms with E-state index in [0.717, 1.165) is 22.6 Å². The number of thiophene rings is 1. The summed E-state index contributed by atoms with van der Waals surface area (Å²) in [6.07, 6.45) is 1.59. The number of hydrogen-bond acceptors (Lipinski definition) is 5. The zero-order chi connectivity index (χ0) is 19.6. The van der Waals surface area contributed by atoms with Crippen LogP contribution in [0.4, 0.5) is 0 Å². The van der Waals surface area contributed by atoms with Gasteiger partial charge in [0.05, 0.1) is 16.0 Å². The first kappa shape index (κ1) is 19.0. The van der Waals surface area contributed by atoms with Crippen LogP contribution in [0, 0.1) is 13.8 Å². The Morgan fingerprint density at radius 2 is 1.93 bits per heavy atom. The van der Waals surface area contributed by atoms with E-state index in [1.165, 1.54) is 23.5 Å². The van der Waals surface area contributed by atoms with Gasteiger partial charge in [-0.3, -0.25) is 4.79 Å². The number of amides is 1. The molecule has 3 rings (SSSR count). The lowest BCUT2D eigenvalue weighted by Crippen LogP contribution is -2.16. The topological polar surface area (TPSA) is 107 Å². The van der Waals surface area contributed by atoms with Gasteiger partial charge in [0.25, 0.3) is 5.91 Å². The number of hydrogen-bond donors (Lipinski definition) is 2. The second-order valence-electron chi connectivity index (χ2n) is 5.88. The molecule has 0 saturated heterocycles. The Morgan fingerprint density at radius 3 is 2.52 bits per heavy atom. The fraction of sp³-hybridized carbons (Fsp3) is 0.111. The molecule has 0 aliphatic heterocycles. The molecule has 3 N–H and O–H groups in total. The van der Waals surface area contributed by atoms with Gasteiger partial charge in [-0.2, -0.15) is 5.10 Å². The number of benzene rings is 1. The lowest BCUT2D eigenvalue weighted by molar-refractivity contribution is 0.0959. The quantitative estimate of drug-likeness (QED) is 0.506. The van der Waals surface area contributed by atoms with Gasteiger partial charge in [-0.1, -0.05) is 6.07 Å². The molecule has 140 valence electrons. The molecule has 3 aromatic rings. The standard InChI is InChI=1S/C18H18N4O3S2/c1-12-10-14(11-20-21-18(23)17-4-3-9-26-17)13(2)22(12)15-5-7-16(8-6-15)27(19,24)25/h3-11H,1-2H3,(H,21,23)(H2,19,24,25)/b20-11-. The average Bonchev–Trinajstić information content (AvgIpc) is 3.23. The number of nitrogens with one attached hydrogen (secondary N) is 1. The van der Waals surface area contributed by atoms with E-state index in [2.05, 4.69) is 10.5 Å². The number of sulfonamides is 1. The summed E-state index contributed by atoms with van der Waals surface area (Å²) in [5, 5.41) is 11.0. The highest BCUT2D eigenvalue weighted by atomic mass is 32.2. The molecular weight excluding hydrogens is 384 g/mol. The number of rotatable bonds is 5. The first-order valence-corrected chi connectivity index (χ1v) is 10.4. The second kappa shape index (κ2) is 7.47. The van der Waals surface area contributed by atoms with Gasteiger partial charge in [0.1, 0.15) is 0 Å². The highest BCUT2D eigenvalue weighted by Gasteiger charge is 2.12. The molecule has 0 bridgehead atoms. The van der Waals surface area contributed by atoms with E-state index in [1.807, 2.05) is 29.9 Å². The smallest absolute Gasteiger partial charge is 0.281 e. The van der Waals surface area contributed by atoms with Crippen molar-refractivity contribution in [3.05, 3.63) is 69.7 Å². The van der Waals surface area contributed by atoms with Crippen LogP contribution in [0.3, 0.4) is 0 Å². The maximum Gasteiger partial charge on any atom is 0.281 e. The number of aromatic nitrogens is 1. The SMILES string of the molecule is Cc1cc(/C=N\NC(=O)c2cccs2)c(C)n1-c1ccc(S(N)(=O)=O)cc1. The first-order valence-electron chi connectivity index (χ1n) is 7.96. The predicted molar refractivity (Wildman–Crippen MR) is 106 cm³/mol. The van der Waals surface area contributed by atoms with Crippen LogP contribution in [0.25, 0.3) is 5.69 Å². The Kier molecular flexibility index (Phi) is 5.26. The third kappa shape index (κ3) is 4.16. The molecule has 0 fully saturated rings. The van der Waals surface area contributed by atoms with E-state index in [-0.39, 0.29) is 10.8 Å². The molecule has 1 aromatic carbocycles. The Morgan fingerprint density at radius 1 is 1.22 bits per heavy atom. The molecule has 27 heavy (non-hydrogen) atoms. The molecule has 9 heteroatoms. The van der Waals surface area contributed by atoms with Crippen molar-refractivity contribution in [3.8, 4) is 5.69 Å². The van der Waals surface area contributed by atoms with Gasteiger partial charge in [-0.25, -0.2) is 19.0 Å². The van der Waals surface area contributed by atoms with Gasteiger partial charge in [0, 0.05) is 22.6 Å². The molecule has 2 aromatic heterocycles. The minimum atomic E-state index is -3.73. The minimum absolute atomic E-state index is 0.0618. The summed E-state index contributed by atoms with van der Waals surface area (Å²) in [4.78, 5) is 12.6. The third-order valence-corrected chi connectivity index (χ3v) is 5.81. The van der Waals surface area contributed by atoms with Crippen molar-refractivity contribution in [1.82, 2.24) is 9.99 Å². The van der Waals surface area contributed by atoms with E-state index in [4.69, 9.17) is 5.14 Å². The number of hydrazone groups is 1. The number of carbonyl (C=O) groups excluding carboxylic acids is 1. The monoisotopic (exact) mass is 402 g/mol. The van der Waals surface area contributed by atoms with Crippen LogP contribution in [0.1, 0.15) is 26.6 Å². The first-order chi connectivity index (χ1) is 12.8. The van der Waals surface area contributed by atoms with E-state index in [1.54, 1.807) is 30.5 Å². The summed E-state index contributed by atoms with van der Waals surface area (Å²) in [5.74, 6) is -0.256. The normalized spacial score (nSPS) is 11.8. The van der Waals surface area contributed by atoms with E-state index >= 15 is 0 Å². The number of primary sulfonamides is 1. The lowest BCUT2D eigenvalue weighted by atomic mass is 10.2. The van der Waals surface area contributed by atoms with Crippen molar-refractivity contribution in [2.45, 2.75) is 18.7 Å². The van der Waals surface area contributed by atoms with Crippen molar-refractivity contribution < 1.29 is 13.2 Å². The van der Waals surface area contributed by atoms with Crippen LogP contribution in [-0.4, -0.2) is 25.1 Å². The van der Waals surface area contributed by atoms with Crippen LogP contribution in [-0.2, 0) is 10.0 Å². The molecule has 0 spiro atoms. The molecule has 0 aliphatic rings. The van der Waals surface area contributed by atoms with Crippen molar-refractivity contribution in [3.63, 3.8) is 0 Å². The minimum Gasteiger partial charge on any atom is -0.318 e. The van der Waals surface area contributed by atoms with Crippen LogP contribution in [0.5, 0.6) is 0 Å². The van der Waals surface area contributed by atoms with Gasteiger partial charge in [0.15, 0.2) is 0 Å². The van der Waals surface area contributed by atoms with Gasteiger partial charge in [-0.15, -0.1) is 11.3 Å². The Bertz CT molecular complexity index is 1100. The lowest BCUT2D eigenvalue weighted by Gasteiger charge is -2.10. The van der Waals surface area contributed by atoms with E-state index in [9.17, 15) is 13.2 Å². The van der Waals surface area contributed by atoms with Crippen molar-refractivity contribution in [1.29, 1.82) is 0 Å². The Labute approximate surface area is 161 Å². The third-order valence-electron chi connectivity index (χ3n) is 4.01. The largest absolute Gasteiger partial charge is 0.318 e. The number of nitrogens with two attached hydrogens (primary N) is 1. The fourth-order valence-corrected chi connectivity index (χ4v) is 3.85. The number of nitrogens with zero attached hydrogens (tertiary/aromatic N) is 2. The zero-order valence-electron chi connectivity index (χ0n) is 14.7. The molecular formula is C18H18N4O3S2. The molecule has 0 radical (unpaired) electrons. The molecule has 7 nitrogen and oxygen atoms in total. The van der Waals surface area contributed by atoms with Crippen LogP contribution >= 0.6 is 11.3 Å². The summed E-state index contributed by atoms with van der Waals surface area (Å²) < 4.78 is 24.8. The summed E-state index contributed by atoms with van der Waals surface area (Å²) in [6, 6.07) is 11.8. The molecule has 0 atom stereocenters. The summed E-state index contributed by atoms with van der Waals surface area (Å²) in [7, 11) is -3.73. The van der Waals surface area contributed by atoms with Crippen molar-refractivity contribution >= 4 is 33.5 Å². The second-order valence-corrected chi connectivity index (χ2v) is 8.39. The maximum absolute atomic E-state index is 11.9. The highest BCUT2D eigenvalue weighted by molar-refractivity contribution is 7.89. The Hall–Kier alpha value is -2.75. The highest BCUT2D eigenvalue weighted by Crippen LogP contribution is 2.21. The van der Waals surface area contributed by atoms with Crippen LogP contribution in [0.2, 0.25) is 0 Å². The number of aryl methyl sites for hydroxylation is 1. The summed E-state index contributed by atoms with van der Waals surface area (Å²) >= 11 is 1.35. The molecule has 0 saturated carbocycles. The predicted octanol–water partition coefficient (Wildman–Crippen LogP) is 2.57. The van der Waals surface area contributed by atoms with E-state index < -0.39 is 10.0 Å². The molecule has 2 heterocycles. The maximum atomic E-state index is 11.9.